The molecule has 2 aromatic heterocycles. The Balaban J connectivity index is 0.745. The third-order valence-electron chi connectivity index (χ3n) is 13.8. The van der Waals surface area contributed by atoms with E-state index in [-0.39, 0.29) is 29.7 Å². The summed E-state index contributed by atoms with van der Waals surface area (Å²) in [4.78, 5) is 76.1. The first kappa shape index (κ1) is 43.0. The summed E-state index contributed by atoms with van der Waals surface area (Å²) in [5, 5.41) is 20.4. The number of thiazole rings is 1. The number of fused-ring (bicyclic) bond motifs is 2. The maximum absolute atomic E-state index is 13.5. The summed E-state index contributed by atoms with van der Waals surface area (Å²) in [5.74, 6) is -1.06. The number of rotatable bonds is 11. The van der Waals surface area contributed by atoms with Crippen LogP contribution < -0.4 is 16.0 Å². The first-order chi connectivity index (χ1) is 29.9. The lowest BCUT2D eigenvalue weighted by molar-refractivity contribution is -0.141. The number of anilines is 2. The molecule has 3 aliphatic heterocycles. The minimum atomic E-state index is -4.69. The number of halogens is 3. The van der Waals surface area contributed by atoms with Gasteiger partial charge < -0.3 is 20.6 Å². The van der Waals surface area contributed by atoms with Crippen LogP contribution in [0.1, 0.15) is 126 Å². The molecule has 4 N–H and O–H groups in total. The molecule has 4 fully saturated rings. The summed E-state index contributed by atoms with van der Waals surface area (Å²) in [6.45, 7) is 9.33. The second-order valence-corrected chi connectivity index (χ2v) is 20.0. The van der Waals surface area contributed by atoms with E-state index in [4.69, 9.17) is 4.98 Å². The average molecular weight is 886 g/mol. The summed E-state index contributed by atoms with van der Waals surface area (Å²) in [5.41, 5.74) is -0.0122. The van der Waals surface area contributed by atoms with Gasteiger partial charge in [-0.25, -0.2) is 9.97 Å². The summed E-state index contributed by atoms with van der Waals surface area (Å²) < 4.78 is 40.6. The number of nitrogens with one attached hydrogen (secondary N) is 3. The number of aromatic nitrogens is 2. The van der Waals surface area contributed by atoms with Crippen LogP contribution in [0.2, 0.25) is 0 Å². The van der Waals surface area contributed by atoms with Crippen molar-refractivity contribution in [2.45, 2.75) is 95.9 Å². The van der Waals surface area contributed by atoms with Gasteiger partial charge in [0.2, 0.25) is 11.8 Å². The quantitative estimate of drug-likeness (QED) is 0.112. The summed E-state index contributed by atoms with van der Waals surface area (Å²) in [7, 11) is 0. The fourth-order valence-corrected chi connectivity index (χ4v) is 11.6. The number of imide groups is 2. The number of likely N-dealkylation sites (tertiary alicyclic amines) is 1. The predicted octanol–water partition coefficient (Wildman–Crippen LogP) is 7.33. The van der Waals surface area contributed by atoms with E-state index in [1.807, 2.05) is 0 Å². The van der Waals surface area contributed by atoms with Crippen molar-refractivity contribution in [3.05, 3.63) is 81.6 Å². The summed E-state index contributed by atoms with van der Waals surface area (Å²) in [6.07, 6.45) is 2.03. The van der Waals surface area contributed by atoms with Gasteiger partial charge in [-0.15, -0.1) is 11.3 Å². The molecule has 332 valence electrons. The smallest absolute Gasteiger partial charge is 0.386 e. The van der Waals surface area contributed by atoms with Gasteiger partial charge in [0.15, 0.2) is 0 Å². The molecule has 13 nitrogen and oxygen atoms in total. The maximum atomic E-state index is 13.5. The standard InChI is InChI=1S/C46H50F3N7O6S/c1-24(20-50-30-7-4-6-28-38(30)43(61)56(42(28)60)34-14-15-37(57)54-40(34)59)27-18-45(19-27)22-55(23-45)21-25-10-12-26(13-11-25)41-53-33-16-29(44(2,3)62)32(17-35(33)63-41)52-39(58)31-8-5-9-36(51-31)46(47,48)49/h4-9,16-17,24-27,34,50,62H,10-15,18-23H2,1-3H3,(H,52,58)(H,54,57,59)/t24-,25?,26?,34?/m0/s1. The predicted molar refractivity (Wildman–Crippen MR) is 229 cm³/mol. The molecule has 5 heterocycles. The number of benzene rings is 2. The van der Waals surface area contributed by atoms with E-state index >= 15 is 0 Å². The third-order valence-corrected chi connectivity index (χ3v) is 15.0. The SMILES string of the molecule is C[C@@H](CNc1cccc2c1C(=O)N(C1CCC(=O)NC1=O)C2=O)C1CC2(C1)CN(CC1CCC(c3nc4cc(C(C)(C)O)c(NC(=O)c5cccc(C(F)(F)F)n5)cc4s3)CC1)C2. The maximum Gasteiger partial charge on any atom is 0.433 e. The Morgan fingerprint density at radius 2 is 1.70 bits per heavy atom. The molecule has 2 saturated heterocycles. The monoisotopic (exact) mass is 885 g/mol. The highest BCUT2D eigenvalue weighted by molar-refractivity contribution is 7.18. The van der Waals surface area contributed by atoms with Crippen molar-refractivity contribution in [3.63, 3.8) is 0 Å². The van der Waals surface area contributed by atoms with Gasteiger partial charge in [0, 0.05) is 55.5 Å². The van der Waals surface area contributed by atoms with E-state index < -0.39 is 53.0 Å². The van der Waals surface area contributed by atoms with Crippen molar-refractivity contribution in [2.75, 3.05) is 36.8 Å². The first-order valence-corrected chi connectivity index (χ1v) is 22.5. The lowest BCUT2D eigenvalue weighted by Gasteiger charge is -2.61. The molecular weight excluding hydrogens is 836 g/mol. The normalized spacial score (nSPS) is 23.3. The van der Waals surface area contributed by atoms with E-state index in [2.05, 4.69) is 32.8 Å². The van der Waals surface area contributed by atoms with Crippen LogP contribution in [0.4, 0.5) is 24.5 Å². The molecule has 0 bridgehead atoms. The molecule has 5 amide bonds. The number of amides is 5. The molecule has 5 aliphatic rings. The van der Waals surface area contributed by atoms with E-state index in [1.165, 1.54) is 6.07 Å². The molecule has 2 atom stereocenters. The Morgan fingerprint density at radius 3 is 2.40 bits per heavy atom. The van der Waals surface area contributed by atoms with Gasteiger partial charge in [-0.3, -0.25) is 34.2 Å². The lowest BCUT2D eigenvalue weighted by Crippen LogP contribution is -2.63. The molecule has 1 spiro atoms. The van der Waals surface area contributed by atoms with Crippen LogP contribution in [0.15, 0.2) is 48.5 Å². The molecule has 1 unspecified atom stereocenters. The van der Waals surface area contributed by atoms with Gasteiger partial charge in [0.25, 0.3) is 17.7 Å². The fraction of sp³-hybridized carbons (Fsp3) is 0.500. The second-order valence-electron chi connectivity index (χ2n) is 18.9. The van der Waals surface area contributed by atoms with Gasteiger partial charge in [-0.2, -0.15) is 13.2 Å². The van der Waals surface area contributed by atoms with Crippen molar-refractivity contribution in [1.29, 1.82) is 0 Å². The number of hydrogen-bond acceptors (Lipinski definition) is 11. The highest BCUT2D eigenvalue weighted by atomic mass is 32.1. The van der Waals surface area contributed by atoms with Crippen molar-refractivity contribution < 1.29 is 42.3 Å². The molecule has 2 saturated carbocycles. The van der Waals surface area contributed by atoms with Crippen LogP contribution in [0.25, 0.3) is 10.2 Å². The van der Waals surface area contributed by atoms with Crippen molar-refractivity contribution in [2.24, 2.45) is 23.2 Å². The van der Waals surface area contributed by atoms with Gasteiger partial charge in [0.05, 0.1) is 32.0 Å². The molecule has 2 aliphatic carbocycles. The zero-order chi connectivity index (χ0) is 44.6. The Labute approximate surface area is 366 Å². The minimum absolute atomic E-state index is 0.0735. The molecule has 63 heavy (non-hydrogen) atoms. The average Bonchev–Trinajstić information content (AvgIpc) is 3.74. The second kappa shape index (κ2) is 16.1. The highest BCUT2D eigenvalue weighted by Crippen LogP contribution is 2.55. The van der Waals surface area contributed by atoms with Crippen LogP contribution in [0.5, 0.6) is 0 Å². The Hall–Kier alpha value is -5.26. The Bertz CT molecular complexity index is 2510. The van der Waals surface area contributed by atoms with Crippen LogP contribution in [0.3, 0.4) is 0 Å². The molecule has 17 heteroatoms. The van der Waals surface area contributed by atoms with Crippen molar-refractivity contribution in [1.82, 2.24) is 25.1 Å². The number of carbonyl (C=O) groups is 5. The number of piperidine rings is 1. The number of nitrogens with zero attached hydrogens (tertiary/aromatic N) is 4. The number of alkyl halides is 3. The molecule has 2 aromatic carbocycles. The number of aliphatic hydroxyl groups is 1. The lowest BCUT2D eigenvalue weighted by atomic mass is 9.54. The van der Waals surface area contributed by atoms with E-state index in [1.54, 1.807) is 55.5 Å². The van der Waals surface area contributed by atoms with Crippen LogP contribution in [0, 0.1) is 23.2 Å². The van der Waals surface area contributed by atoms with Crippen LogP contribution in [-0.2, 0) is 21.4 Å². The Morgan fingerprint density at radius 1 is 0.968 bits per heavy atom. The van der Waals surface area contributed by atoms with Crippen LogP contribution in [-0.4, -0.2) is 86.6 Å². The zero-order valence-electron chi connectivity index (χ0n) is 35.3. The number of hydrogen-bond donors (Lipinski definition) is 4. The summed E-state index contributed by atoms with van der Waals surface area (Å²) in [6, 6.07) is 10.8. The minimum Gasteiger partial charge on any atom is -0.386 e. The van der Waals surface area contributed by atoms with Crippen molar-refractivity contribution >= 4 is 62.5 Å². The van der Waals surface area contributed by atoms with Gasteiger partial charge in [-0.1, -0.05) is 19.1 Å². The van der Waals surface area contributed by atoms with Gasteiger partial charge in [0.1, 0.15) is 17.4 Å². The topological polar surface area (TPSA) is 174 Å². The first-order valence-electron chi connectivity index (χ1n) is 21.7. The fourth-order valence-electron chi connectivity index (χ4n) is 10.5. The van der Waals surface area contributed by atoms with Crippen molar-refractivity contribution in [3.8, 4) is 0 Å². The zero-order valence-corrected chi connectivity index (χ0v) is 36.1. The molecule has 0 radical (unpaired) electrons. The highest BCUT2D eigenvalue weighted by Gasteiger charge is 2.53. The summed E-state index contributed by atoms with van der Waals surface area (Å²) >= 11 is 1.55. The van der Waals surface area contributed by atoms with Crippen LogP contribution >= 0.6 is 11.3 Å². The third kappa shape index (κ3) is 8.34. The number of carbonyl (C=O) groups excluding carboxylic acids is 5. The number of pyridine rings is 1. The van der Waals surface area contributed by atoms with Gasteiger partial charge in [-0.05, 0) is 118 Å². The van der Waals surface area contributed by atoms with E-state index in [0.717, 1.165) is 84.9 Å². The molecule has 4 aromatic rings. The largest absolute Gasteiger partial charge is 0.433 e. The molecule has 9 rings (SSSR count). The van der Waals surface area contributed by atoms with Gasteiger partial charge >= 0.3 is 6.18 Å². The van der Waals surface area contributed by atoms with E-state index in [9.17, 15) is 42.3 Å². The Kier molecular flexibility index (Phi) is 11.0. The van der Waals surface area contributed by atoms with E-state index in [0.29, 0.717) is 58.1 Å². The molecular formula is C46H50F3N7O6S.